The van der Waals surface area contributed by atoms with Gasteiger partial charge in [0.15, 0.2) is 0 Å². The maximum atomic E-state index is 11.3. The second-order valence-electron chi connectivity index (χ2n) is 4.13. The minimum absolute atomic E-state index is 0.539. The number of aryl methyl sites for hydroxylation is 1. The summed E-state index contributed by atoms with van der Waals surface area (Å²) in [5, 5.41) is 6.18. The highest BCUT2D eigenvalue weighted by Gasteiger charge is 2.07. The maximum Gasteiger partial charge on any atom is 0.229 e. The van der Waals surface area contributed by atoms with Gasteiger partial charge in [0.25, 0.3) is 0 Å². The van der Waals surface area contributed by atoms with Crippen LogP contribution >= 0.6 is 11.3 Å². The summed E-state index contributed by atoms with van der Waals surface area (Å²) in [7, 11) is -3.28. The molecule has 0 atom stereocenters. The molecule has 1 aromatic heterocycles. The number of thiazole rings is 1. The molecule has 1 aromatic carbocycles. The number of sulfonamides is 1. The lowest BCUT2D eigenvalue weighted by Crippen LogP contribution is -2.12. The Morgan fingerprint density at radius 3 is 2.53 bits per heavy atom. The quantitative estimate of drug-likeness (QED) is 0.889. The summed E-state index contributed by atoms with van der Waals surface area (Å²) >= 11 is 1.59. The van der Waals surface area contributed by atoms with Crippen molar-refractivity contribution in [2.75, 3.05) is 16.3 Å². The molecule has 0 saturated carbocycles. The van der Waals surface area contributed by atoms with Gasteiger partial charge in [-0.2, -0.15) is 0 Å². The van der Waals surface area contributed by atoms with Crippen LogP contribution in [0.15, 0.2) is 29.6 Å². The third kappa shape index (κ3) is 4.22. The van der Waals surface area contributed by atoms with E-state index in [9.17, 15) is 8.42 Å². The van der Waals surface area contributed by atoms with Gasteiger partial charge >= 0.3 is 0 Å². The minimum Gasteiger partial charge on any atom is -0.378 e. The first kappa shape index (κ1) is 13.8. The van der Waals surface area contributed by atoms with Gasteiger partial charge in [-0.1, -0.05) is 12.1 Å². The average Bonchev–Trinajstić information content (AvgIpc) is 2.72. The largest absolute Gasteiger partial charge is 0.378 e. The van der Waals surface area contributed by atoms with Gasteiger partial charge in [0, 0.05) is 5.38 Å². The van der Waals surface area contributed by atoms with Crippen molar-refractivity contribution in [1.29, 1.82) is 0 Å². The van der Waals surface area contributed by atoms with E-state index in [1.54, 1.807) is 23.5 Å². The molecule has 19 heavy (non-hydrogen) atoms. The predicted octanol–water partition coefficient (Wildman–Crippen LogP) is 2.44. The molecule has 0 aliphatic rings. The first-order valence-corrected chi connectivity index (χ1v) is 8.43. The zero-order valence-corrected chi connectivity index (χ0v) is 12.3. The summed E-state index contributed by atoms with van der Waals surface area (Å²) in [5.74, 6) is 0. The third-order valence-electron chi connectivity index (χ3n) is 2.35. The van der Waals surface area contributed by atoms with E-state index in [0.29, 0.717) is 12.2 Å². The molecule has 2 N–H and O–H groups in total. The summed E-state index contributed by atoms with van der Waals surface area (Å²) < 4.78 is 25.0. The number of nitrogens with one attached hydrogen (secondary N) is 2. The molecule has 1 heterocycles. The lowest BCUT2D eigenvalue weighted by molar-refractivity contribution is 0.607. The second kappa shape index (κ2) is 5.58. The molecule has 0 aliphatic carbocycles. The summed E-state index contributed by atoms with van der Waals surface area (Å²) in [6.45, 7) is 2.51. The Balaban J connectivity index is 2.11. The summed E-state index contributed by atoms with van der Waals surface area (Å²) in [6.07, 6.45) is 1.13. The number of aromatic nitrogens is 1. The topological polar surface area (TPSA) is 71.1 Å². The molecule has 0 fully saturated rings. The highest BCUT2D eigenvalue weighted by atomic mass is 32.2. The molecule has 0 radical (unpaired) electrons. The second-order valence-corrected chi connectivity index (χ2v) is 6.94. The van der Waals surface area contributed by atoms with Crippen molar-refractivity contribution in [1.82, 2.24) is 4.98 Å². The van der Waals surface area contributed by atoms with Crippen LogP contribution in [0.1, 0.15) is 10.7 Å². The normalized spacial score (nSPS) is 11.3. The Hall–Kier alpha value is -1.60. The van der Waals surface area contributed by atoms with E-state index in [1.807, 2.05) is 24.4 Å². The van der Waals surface area contributed by atoms with Crippen LogP contribution in [-0.4, -0.2) is 19.7 Å². The van der Waals surface area contributed by atoms with E-state index in [1.165, 1.54) is 0 Å². The molecule has 7 heteroatoms. The molecule has 0 aliphatic heterocycles. The lowest BCUT2D eigenvalue weighted by Gasteiger charge is -2.11. The van der Waals surface area contributed by atoms with E-state index in [2.05, 4.69) is 15.0 Å². The molecule has 0 bridgehead atoms. The molecule has 5 nitrogen and oxygen atoms in total. The molecule has 0 unspecified atom stereocenters. The van der Waals surface area contributed by atoms with Crippen LogP contribution in [0, 0.1) is 6.92 Å². The van der Waals surface area contributed by atoms with Crippen molar-refractivity contribution >= 4 is 32.7 Å². The number of anilines is 2. The van der Waals surface area contributed by atoms with Gasteiger partial charge in [-0.05, 0) is 19.1 Å². The monoisotopic (exact) mass is 297 g/mol. The average molecular weight is 297 g/mol. The standard InChI is InChI=1S/C12H15N3O2S2/c1-9-14-10(8-18-9)7-13-11-5-3-4-6-12(11)15-19(2,16)17/h3-6,8,13,15H,7H2,1-2H3. The molecular weight excluding hydrogens is 282 g/mol. The van der Waals surface area contributed by atoms with Crippen molar-refractivity contribution in [2.24, 2.45) is 0 Å². The van der Waals surface area contributed by atoms with E-state index in [-0.39, 0.29) is 0 Å². The first-order chi connectivity index (χ1) is 8.94. The van der Waals surface area contributed by atoms with Crippen LogP contribution in [0.4, 0.5) is 11.4 Å². The molecular formula is C12H15N3O2S2. The van der Waals surface area contributed by atoms with Crippen molar-refractivity contribution in [3.63, 3.8) is 0 Å². The SMILES string of the molecule is Cc1nc(CNc2ccccc2NS(C)(=O)=O)cs1. The number of rotatable bonds is 5. The maximum absolute atomic E-state index is 11.3. The first-order valence-electron chi connectivity index (χ1n) is 5.66. The van der Waals surface area contributed by atoms with Crippen LogP contribution in [0.5, 0.6) is 0 Å². The van der Waals surface area contributed by atoms with Crippen LogP contribution in [0.3, 0.4) is 0 Å². The fraction of sp³-hybridized carbons (Fsp3) is 0.250. The highest BCUT2D eigenvalue weighted by molar-refractivity contribution is 7.92. The number of hydrogen-bond donors (Lipinski definition) is 2. The molecule has 102 valence electrons. The Bertz CT molecular complexity index is 665. The van der Waals surface area contributed by atoms with Gasteiger partial charge in [-0.15, -0.1) is 11.3 Å². The summed E-state index contributed by atoms with van der Waals surface area (Å²) in [4.78, 5) is 4.35. The van der Waals surface area contributed by atoms with Gasteiger partial charge in [0.05, 0.1) is 34.9 Å². The van der Waals surface area contributed by atoms with Crippen molar-refractivity contribution in [2.45, 2.75) is 13.5 Å². The zero-order valence-electron chi connectivity index (χ0n) is 10.7. The molecule has 0 spiro atoms. The Kier molecular flexibility index (Phi) is 4.06. The minimum atomic E-state index is -3.28. The van der Waals surface area contributed by atoms with Crippen molar-refractivity contribution < 1.29 is 8.42 Å². The van der Waals surface area contributed by atoms with Gasteiger partial charge in [0.2, 0.25) is 10.0 Å². The highest BCUT2D eigenvalue weighted by Crippen LogP contribution is 2.22. The van der Waals surface area contributed by atoms with Crippen molar-refractivity contribution in [3.8, 4) is 0 Å². The summed E-state index contributed by atoms with van der Waals surface area (Å²) in [5.41, 5.74) is 2.21. The molecule has 2 aromatic rings. The Morgan fingerprint density at radius 2 is 1.95 bits per heavy atom. The van der Waals surface area contributed by atoms with E-state index in [4.69, 9.17) is 0 Å². The van der Waals surface area contributed by atoms with Gasteiger partial charge in [0.1, 0.15) is 0 Å². The molecule has 0 amide bonds. The van der Waals surface area contributed by atoms with E-state index in [0.717, 1.165) is 22.6 Å². The zero-order chi connectivity index (χ0) is 13.9. The van der Waals surface area contributed by atoms with E-state index >= 15 is 0 Å². The van der Waals surface area contributed by atoms with Crippen LogP contribution in [0.25, 0.3) is 0 Å². The van der Waals surface area contributed by atoms with Crippen LogP contribution in [-0.2, 0) is 16.6 Å². The number of nitrogens with zero attached hydrogens (tertiary/aromatic N) is 1. The van der Waals surface area contributed by atoms with Gasteiger partial charge in [-0.25, -0.2) is 13.4 Å². The van der Waals surface area contributed by atoms with Gasteiger partial charge < -0.3 is 5.32 Å². The van der Waals surface area contributed by atoms with E-state index < -0.39 is 10.0 Å². The van der Waals surface area contributed by atoms with Crippen LogP contribution in [0.2, 0.25) is 0 Å². The van der Waals surface area contributed by atoms with Crippen molar-refractivity contribution in [3.05, 3.63) is 40.3 Å². The summed E-state index contributed by atoms with van der Waals surface area (Å²) in [6, 6.07) is 7.18. The number of para-hydroxylation sites is 2. The molecule has 0 saturated heterocycles. The lowest BCUT2D eigenvalue weighted by atomic mass is 10.2. The Labute approximate surface area is 116 Å². The number of hydrogen-bond acceptors (Lipinski definition) is 5. The van der Waals surface area contributed by atoms with Crippen LogP contribution < -0.4 is 10.0 Å². The smallest absolute Gasteiger partial charge is 0.229 e. The fourth-order valence-electron chi connectivity index (χ4n) is 1.60. The number of benzene rings is 1. The predicted molar refractivity (Wildman–Crippen MR) is 79.1 cm³/mol. The van der Waals surface area contributed by atoms with Gasteiger partial charge in [-0.3, -0.25) is 4.72 Å². The Morgan fingerprint density at radius 1 is 1.26 bits per heavy atom. The third-order valence-corrected chi connectivity index (χ3v) is 3.76. The fourth-order valence-corrected chi connectivity index (χ4v) is 2.79. The molecule has 2 rings (SSSR count).